The zero-order valence-electron chi connectivity index (χ0n) is 15.2. The minimum atomic E-state index is -0.403. The predicted molar refractivity (Wildman–Crippen MR) is 107 cm³/mol. The van der Waals surface area contributed by atoms with Gasteiger partial charge < -0.3 is 14.8 Å². The number of thioether (sulfide) groups is 1. The van der Waals surface area contributed by atoms with Crippen molar-refractivity contribution in [3.8, 4) is 5.88 Å². The number of nitrogens with one attached hydrogen (secondary N) is 1. The second kappa shape index (κ2) is 8.52. The van der Waals surface area contributed by atoms with Gasteiger partial charge in [-0.2, -0.15) is 11.8 Å². The van der Waals surface area contributed by atoms with Crippen LogP contribution < -0.4 is 15.0 Å². The molecular weight excluding hydrogens is 378 g/mol. The summed E-state index contributed by atoms with van der Waals surface area (Å²) in [6, 6.07) is 12.6. The molecule has 2 saturated heterocycles. The molecule has 7 nitrogen and oxygen atoms in total. The van der Waals surface area contributed by atoms with Crippen molar-refractivity contribution in [2.24, 2.45) is 0 Å². The Morgan fingerprint density at radius 2 is 2.18 bits per heavy atom. The van der Waals surface area contributed by atoms with E-state index in [9.17, 15) is 9.59 Å². The van der Waals surface area contributed by atoms with E-state index in [0.717, 1.165) is 23.6 Å². The van der Waals surface area contributed by atoms with E-state index in [2.05, 4.69) is 10.3 Å². The molecule has 0 saturated carbocycles. The third kappa shape index (κ3) is 4.39. The average Bonchev–Trinajstić information content (AvgIpc) is 3.36. The van der Waals surface area contributed by atoms with Gasteiger partial charge in [0.05, 0.1) is 13.1 Å². The van der Waals surface area contributed by atoms with E-state index in [0.29, 0.717) is 18.0 Å². The van der Waals surface area contributed by atoms with Crippen LogP contribution in [0.4, 0.5) is 10.5 Å². The lowest BCUT2D eigenvalue weighted by atomic mass is 10.2. The number of aromatic nitrogens is 1. The van der Waals surface area contributed by atoms with Gasteiger partial charge in [0.25, 0.3) is 5.91 Å². The number of rotatable bonds is 6. The highest BCUT2D eigenvalue weighted by molar-refractivity contribution is 7.99. The first kappa shape index (κ1) is 18.6. The summed E-state index contributed by atoms with van der Waals surface area (Å²) in [6.45, 7) is 0.638. The Bertz CT molecular complexity index is 842. The highest BCUT2D eigenvalue weighted by Gasteiger charge is 2.32. The van der Waals surface area contributed by atoms with Crippen molar-refractivity contribution in [1.29, 1.82) is 0 Å². The Kier molecular flexibility index (Phi) is 5.66. The van der Waals surface area contributed by atoms with Gasteiger partial charge in [0.15, 0.2) is 0 Å². The van der Waals surface area contributed by atoms with Crippen molar-refractivity contribution < 1.29 is 19.1 Å². The highest BCUT2D eigenvalue weighted by Crippen LogP contribution is 2.23. The van der Waals surface area contributed by atoms with Crippen molar-refractivity contribution in [1.82, 2.24) is 10.3 Å². The van der Waals surface area contributed by atoms with Crippen LogP contribution >= 0.6 is 11.8 Å². The molecule has 1 N–H and O–H groups in total. The van der Waals surface area contributed by atoms with Gasteiger partial charge in [0.2, 0.25) is 5.88 Å². The number of amides is 2. The van der Waals surface area contributed by atoms with Crippen molar-refractivity contribution in [3.05, 3.63) is 54.2 Å². The zero-order chi connectivity index (χ0) is 19.3. The van der Waals surface area contributed by atoms with E-state index in [1.165, 1.54) is 0 Å². The Morgan fingerprint density at radius 1 is 1.32 bits per heavy atom. The van der Waals surface area contributed by atoms with Crippen molar-refractivity contribution in [3.63, 3.8) is 0 Å². The number of cyclic esters (lactones) is 1. The summed E-state index contributed by atoms with van der Waals surface area (Å²) < 4.78 is 11.2. The molecule has 0 spiro atoms. The maximum Gasteiger partial charge on any atom is 0.414 e. The molecule has 2 fully saturated rings. The number of hydrogen-bond donors (Lipinski definition) is 1. The molecule has 1 aromatic heterocycles. The average molecular weight is 399 g/mol. The number of ether oxygens (including phenoxy) is 2. The Morgan fingerprint density at radius 3 is 2.96 bits per heavy atom. The van der Waals surface area contributed by atoms with Gasteiger partial charge in [-0.1, -0.05) is 18.2 Å². The molecule has 2 aliphatic heterocycles. The van der Waals surface area contributed by atoms with Crippen molar-refractivity contribution in [2.45, 2.75) is 18.6 Å². The van der Waals surface area contributed by atoms with Crippen molar-refractivity contribution >= 4 is 29.4 Å². The van der Waals surface area contributed by atoms with E-state index in [4.69, 9.17) is 9.47 Å². The Balaban J connectivity index is 1.31. The SMILES string of the molecule is O=C(NCC1CN(c2ccccc2)C(=O)O1)c1ccnc(OC2CCSC2)c1. The van der Waals surface area contributed by atoms with Crippen LogP contribution in [0.2, 0.25) is 0 Å². The minimum Gasteiger partial charge on any atom is -0.473 e. The molecule has 0 bridgehead atoms. The molecule has 1 aromatic carbocycles. The fourth-order valence-corrected chi connectivity index (χ4v) is 4.24. The third-order valence-corrected chi connectivity index (χ3v) is 5.74. The van der Waals surface area contributed by atoms with E-state index in [-0.39, 0.29) is 18.6 Å². The van der Waals surface area contributed by atoms with Crippen LogP contribution in [0.5, 0.6) is 5.88 Å². The first-order valence-corrected chi connectivity index (χ1v) is 10.4. The summed E-state index contributed by atoms with van der Waals surface area (Å²) in [6.07, 6.45) is 1.91. The van der Waals surface area contributed by atoms with Crippen LogP contribution in [0.25, 0.3) is 0 Å². The smallest absolute Gasteiger partial charge is 0.414 e. The normalized spacial score (nSPS) is 21.4. The molecule has 0 radical (unpaired) electrons. The predicted octanol–water partition coefficient (Wildman–Crippen LogP) is 2.72. The lowest BCUT2D eigenvalue weighted by Gasteiger charge is -2.13. The molecule has 2 atom stereocenters. The fourth-order valence-electron chi connectivity index (χ4n) is 3.15. The number of carbonyl (C=O) groups excluding carboxylic acids is 2. The molecule has 2 unspecified atom stereocenters. The van der Waals surface area contributed by atoms with Gasteiger partial charge in [-0.25, -0.2) is 9.78 Å². The van der Waals surface area contributed by atoms with Gasteiger partial charge in [-0.3, -0.25) is 9.69 Å². The zero-order valence-corrected chi connectivity index (χ0v) is 16.1. The number of para-hydroxylation sites is 1. The van der Waals surface area contributed by atoms with Gasteiger partial charge in [0.1, 0.15) is 12.2 Å². The number of pyridine rings is 1. The lowest BCUT2D eigenvalue weighted by Crippen LogP contribution is -2.34. The molecule has 8 heteroatoms. The lowest BCUT2D eigenvalue weighted by molar-refractivity contribution is 0.0915. The second-order valence-electron chi connectivity index (χ2n) is 6.65. The molecule has 28 heavy (non-hydrogen) atoms. The first-order chi connectivity index (χ1) is 13.7. The van der Waals surface area contributed by atoms with Crippen LogP contribution in [0.3, 0.4) is 0 Å². The van der Waals surface area contributed by atoms with Gasteiger partial charge in [0, 0.05) is 29.3 Å². The molecule has 4 rings (SSSR count). The van der Waals surface area contributed by atoms with Gasteiger partial charge >= 0.3 is 6.09 Å². The molecule has 0 aliphatic carbocycles. The molecule has 146 valence electrons. The molecule has 3 heterocycles. The van der Waals surface area contributed by atoms with Crippen LogP contribution in [-0.4, -0.2) is 53.8 Å². The molecular formula is C20H21N3O4S. The topological polar surface area (TPSA) is 80.8 Å². The summed E-state index contributed by atoms with van der Waals surface area (Å²) in [5, 5.41) is 2.82. The second-order valence-corrected chi connectivity index (χ2v) is 7.80. The van der Waals surface area contributed by atoms with E-state index in [1.54, 1.807) is 23.2 Å². The van der Waals surface area contributed by atoms with Gasteiger partial charge in [-0.15, -0.1) is 0 Å². The number of hydrogen-bond acceptors (Lipinski definition) is 6. The number of nitrogens with zero attached hydrogens (tertiary/aromatic N) is 2. The van der Waals surface area contributed by atoms with Crippen LogP contribution in [0, 0.1) is 0 Å². The van der Waals surface area contributed by atoms with Crippen LogP contribution in [0.1, 0.15) is 16.8 Å². The standard InChI is InChI=1S/C20H21N3O4S/c24-19(14-6-8-21-18(10-14)26-16-7-9-28-13-16)22-11-17-12-23(20(25)27-17)15-4-2-1-3-5-15/h1-6,8,10,16-17H,7,9,11-13H2,(H,22,24). The number of carbonyl (C=O) groups is 2. The monoisotopic (exact) mass is 399 g/mol. The Labute approximate surface area is 167 Å². The summed E-state index contributed by atoms with van der Waals surface area (Å²) in [5.41, 5.74) is 1.25. The minimum absolute atomic E-state index is 0.151. The quantitative estimate of drug-likeness (QED) is 0.805. The van der Waals surface area contributed by atoms with Crippen molar-refractivity contribution in [2.75, 3.05) is 29.5 Å². The van der Waals surface area contributed by atoms with Crippen LogP contribution in [0.15, 0.2) is 48.7 Å². The molecule has 2 amide bonds. The number of benzene rings is 1. The van der Waals surface area contributed by atoms with E-state index in [1.807, 2.05) is 42.1 Å². The highest BCUT2D eigenvalue weighted by atomic mass is 32.2. The van der Waals surface area contributed by atoms with E-state index < -0.39 is 12.2 Å². The summed E-state index contributed by atoms with van der Waals surface area (Å²) in [5.74, 6) is 2.25. The largest absolute Gasteiger partial charge is 0.473 e. The molecule has 2 aliphatic rings. The summed E-state index contributed by atoms with van der Waals surface area (Å²) >= 11 is 1.86. The Hall–Kier alpha value is -2.74. The maximum atomic E-state index is 12.5. The summed E-state index contributed by atoms with van der Waals surface area (Å²) in [7, 11) is 0. The van der Waals surface area contributed by atoms with E-state index >= 15 is 0 Å². The molecule has 2 aromatic rings. The number of anilines is 1. The maximum absolute atomic E-state index is 12.5. The fraction of sp³-hybridized carbons (Fsp3) is 0.350. The first-order valence-electron chi connectivity index (χ1n) is 9.21. The van der Waals surface area contributed by atoms with Crippen LogP contribution in [-0.2, 0) is 4.74 Å². The third-order valence-electron chi connectivity index (χ3n) is 4.60. The van der Waals surface area contributed by atoms with Gasteiger partial charge in [-0.05, 0) is 30.4 Å². The summed E-state index contributed by atoms with van der Waals surface area (Å²) in [4.78, 5) is 30.3.